The second kappa shape index (κ2) is 3.24. The van der Waals surface area contributed by atoms with Crippen molar-refractivity contribution in [2.45, 2.75) is 12.3 Å². The molecule has 0 amide bonds. The van der Waals surface area contributed by atoms with Crippen LogP contribution in [0.1, 0.15) is 23.6 Å². The van der Waals surface area contributed by atoms with Crippen molar-refractivity contribution in [2.75, 3.05) is 0 Å². The van der Waals surface area contributed by atoms with Crippen LogP contribution in [-0.2, 0) is 7.05 Å². The van der Waals surface area contributed by atoms with Crippen molar-refractivity contribution in [3.8, 4) is 6.07 Å². The van der Waals surface area contributed by atoms with Gasteiger partial charge in [0.25, 0.3) is 0 Å². The number of aryl methyl sites for hydroxylation is 1. The van der Waals surface area contributed by atoms with E-state index >= 15 is 0 Å². The summed E-state index contributed by atoms with van der Waals surface area (Å²) in [5.74, 6) is 0.00565. The van der Waals surface area contributed by atoms with Crippen LogP contribution in [0, 0.1) is 11.3 Å². The monoisotopic (exact) mass is 208 g/mol. The van der Waals surface area contributed by atoms with Crippen LogP contribution in [0.5, 0.6) is 0 Å². The van der Waals surface area contributed by atoms with Gasteiger partial charge in [0, 0.05) is 29.2 Å². The highest BCUT2D eigenvalue weighted by Gasteiger charge is 2.22. The number of benzene rings is 1. The maximum absolute atomic E-state index is 9.21. The number of hydrogen-bond donors (Lipinski definition) is 0. The van der Waals surface area contributed by atoms with Crippen LogP contribution in [0.4, 0.5) is 0 Å². The molecule has 78 valence electrons. The topological polar surface area (TPSA) is 28.7 Å². The van der Waals surface area contributed by atoms with Crippen LogP contribution in [0.15, 0.2) is 30.3 Å². The highest BCUT2D eigenvalue weighted by molar-refractivity contribution is 5.89. The van der Waals surface area contributed by atoms with Crippen molar-refractivity contribution < 1.29 is 0 Å². The lowest BCUT2D eigenvalue weighted by Gasteiger charge is -2.12. The average Bonchev–Trinajstić information content (AvgIpc) is 2.64. The third kappa shape index (κ3) is 1.06. The molecule has 0 saturated carbocycles. The molecule has 2 aromatic rings. The molecule has 3 rings (SSSR count). The zero-order valence-corrected chi connectivity index (χ0v) is 9.14. The molecule has 0 bridgehead atoms. The van der Waals surface area contributed by atoms with Crippen molar-refractivity contribution >= 4 is 17.0 Å². The van der Waals surface area contributed by atoms with Crippen LogP contribution >= 0.6 is 0 Å². The van der Waals surface area contributed by atoms with E-state index in [1.165, 1.54) is 22.2 Å². The van der Waals surface area contributed by atoms with Gasteiger partial charge in [0.05, 0.1) is 12.0 Å². The van der Waals surface area contributed by atoms with E-state index in [9.17, 15) is 5.26 Å². The Hall–Kier alpha value is -2.01. The normalized spacial score (nSPS) is 18.4. The fraction of sp³-hybridized carbons (Fsp3) is 0.214. The number of fused-ring (bicyclic) bond motifs is 3. The van der Waals surface area contributed by atoms with Gasteiger partial charge in [-0.25, -0.2) is 0 Å². The quantitative estimate of drug-likeness (QED) is 0.653. The molecule has 2 nitrogen and oxygen atoms in total. The summed E-state index contributed by atoms with van der Waals surface area (Å²) in [7, 11) is 2.06. The lowest BCUT2D eigenvalue weighted by molar-refractivity contribution is 0.844. The van der Waals surface area contributed by atoms with Gasteiger partial charge in [-0.1, -0.05) is 24.3 Å². The molecule has 0 spiro atoms. The Balaban J connectivity index is 2.45. The summed E-state index contributed by atoms with van der Waals surface area (Å²) < 4.78 is 2.17. The predicted molar refractivity (Wildman–Crippen MR) is 64.9 cm³/mol. The van der Waals surface area contributed by atoms with Gasteiger partial charge in [-0.2, -0.15) is 5.26 Å². The standard InChI is InChI=1S/C14H12N2/c1-16-12-7-3-2-6-11(12)14-10(9-15)5-4-8-13(14)16/h2-4,6-8,10H,5H2,1H3. The van der Waals surface area contributed by atoms with E-state index in [0.29, 0.717) is 0 Å². The summed E-state index contributed by atoms with van der Waals surface area (Å²) in [6, 6.07) is 10.7. The van der Waals surface area contributed by atoms with Crippen molar-refractivity contribution in [1.29, 1.82) is 5.26 Å². The zero-order valence-electron chi connectivity index (χ0n) is 9.14. The molecular weight excluding hydrogens is 196 g/mol. The van der Waals surface area contributed by atoms with Gasteiger partial charge in [0.1, 0.15) is 0 Å². The van der Waals surface area contributed by atoms with E-state index in [4.69, 9.17) is 0 Å². The van der Waals surface area contributed by atoms with Crippen molar-refractivity contribution in [3.63, 3.8) is 0 Å². The molecule has 1 heterocycles. The Morgan fingerprint density at radius 1 is 1.38 bits per heavy atom. The maximum Gasteiger partial charge on any atom is 0.0774 e. The highest BCUT2D eigenvalue weighted by atomic mass is 14.9. The number of rotatable bonds is 0. The fourth-order valence-electron chi connectivity index (χ4n) is 2.56. The SMILES string of the molecule is Cn1c2c(c3ccccc31)C(C#N)CC=C2. The third-order valence-corrected chi connectivity index (χ3v) is 3.34. The van der Waals surface area contributed by atoms with Gasteiger partial charge in [-0.05, 0) is 18.6 Å². The van der Waals surface area contributed by atoms with Crippen LogP contribution in [0.25, 0.3) is 17.0 Å². The van der Waals surface area contributed by atoms with Crippen LogP contribution < -0.4 is 0 Å². The molecule has 0 saturated heterocycles. The summed E-state index contributed by atoms with van der Waals surface area (Å²) in [5, 5.41) is 10.4. The zero-order chi connectivity index (χ0) is 11.1. The molecule has 0 fully saturated rings. The number of allylic oxidation sites excluding steroid dienone is 1. The summed E-state index contributed by atoms with van der Waals surface area (Å²) >= 11 is 0. The molecule has 1 aromatic heterocycles. The first-order chi connectivity index (χ1) is 7.83. The molecular formula is C14H12N2. The number of nitriles is 1. The molecule has 16 heavy (non-hydrogen) atoms. The number of para-hydroxylation sites is 1. The molecule has 1 aliphatic carbocycles. The summed E-state index contributed by atoms with van der Waals surface area (Å²) in [4.78, 5) is 0. The van der Waals surface area contributed by atoms with E-state index in [0.717, 1.165) is 6.42 Å². The number of hydrogen-bond acceptors (Lipinski definition) is 1. The minimum absolute atomic E-state index is 0.00565. The van der Waals surface area contributed by atoms with Gasteiger partial charge in [0.2, 0.25) is 0 Å². The van der Waals surface area contributed by atoms with Crippen LogP contribution in [-0.4, -0.2) is 4.57 Å². The molecule has 0 radical (unpaired) electrons. The molecule has 2 heteroatoms. The third-order valence-electron chi connectivity index (χ3n) is 3.34. The minimum Gasteiger partial charge on any atom is -0.344 e. The Labute approximate surface area is 94.4 Å². The molecule has 1 aliphatic rings. The molecule has 1 atom stereocenters. The largest absolute Gasteiger partial charge is 0.344 e. The molecule has 0 aliphatic heterocycles. The summed E-state index contributed by atoms with van der Waals surface area (Å²) in [5.41, 5.74) is 3.58. The van der Waals surface area contributed by atoms with Gasteiger partial charge >= 0.3 is 0 Å². The Morgan fingerprint density at radius 3 is 3.00 bits per heavy atom. The summed E-state index contributed by atoms with van der Waals surface area (Å²) in [6.07, 6.45) is 5.05. The van der Waals surface area contributed by atoms with Crippen molar-refractivity contribution in [1.82, 2.24) is 4.57 Å². The average molecular weight is 208 g/mol. The second-order valence-corrected chi connectivity index (χ2v) is 4.19. The lowest BCUT2D eigenvalue weighted by atomic mass is 9.90. The molecule has 1 aromatic carbocycles. The van der Waals surface area contributed by atoms with Gasteiger partial charge < -0.3 is 4.57 Å². The van der Waals surface area contributed by atoms with E-state index < -0.39 is 0 Å². The number of nitrogens with zero attached hydrogens (tertiary/aromatic N) is 2. The van der Waals surface area contributed by atoms with Crippen molar-refractivity contribution in [3.05, 3.63) is 41.6 Å². The molecule has 1 unspecified atom stereocenters. The fourth-order valence-corrected chi connectivity index (χ4v) is 2.56. The Kier molecular flexibility index (Phi) is 1.87. The van der Waals surface area contributed by atoms with Gasteiger partial charge in [-0.3, -0.25) is 0 Å². The predicted octanol–water partition coefficient (Wildman–Crippen LogP) is 3.20. The second-order valence-electron chi connectivity index (χ2n) is 4.19. The van der Waals surface area contributed by atoms with E-state index in [1.54, 1.807) is 0 Å². The maximum atomic E-state index is 9.21. The van der Waals surface area contributed by atoms with E-state index in [2.05, 4.69) is 42.0 Å². The van der Waals surface area contributed by atoms with Gasteiger partial charge in [-0.15, -0.1) is 0 Å². The Bertz CT molecular complexity index is 626. The van der Waals surface area contributed by atoms with E-state index in [1.807, 2.05) is 12.1 Å². The highest BCUT2D eigenvalue weighted by Crippen LogP contribution is 2.36. The first kappa shape index (κ1) is 9.23. The van der Waals surface area contributed by atoms with Crippen LogP contribution in [0.3, 0.4) is 0 Å². The summed E-state index contributed by atoms with van der Waals surface area (Å²) in [6.45, 7) is 0. The first-order valence-electron chi connectivity index (χ1n) is 5.46. The smallest absolute Gasteiger partial charge is 0.0774 e. The minimum atomic E-state index is 0.00565. The van der Waals surface area contributed by atoms with Crippen molar-refractivity contribution in [2.24, 2.45) is 7.05 Å². The van der Waals surface area contributed by atoms with Crippen LogP contribution in [0.2, 0.25) is 0 Å². The molecule has 0 N–H and O–H groups in total. The Morgan fingerprint density at radius 2 is 2.19 bits per heavy atom. The number of aromatic nitrogens is 1. The lowest BCUT2D eigenvalue weighted by Crippen LogP contribution is -2.02. The van der Waals surface area contributed by atoms with Gasteiger partial charge in [0.15, 0.2) is 0 Å². The van der Waals surface area contributed by atoms with E-state index in [-0.39, 0.29) is 5.92 Å². The first-order valence-corrected chi connectivity index (χ1v) is 5.46.